The predicted octanol–water partition coefficient (Wildman–Crippen LogP) is 2.17. The molecule has 0 radical (unpaired) electrons. The number of hydrogen-bond acceptors (Lipinski definition) is 4. The number of aryl methyl sites for hydroxylation is 1. The van der Waals surface area contributed by atoms with Crippen molar-refractivity contribution in [3.8, 4) is 0 Å². The molecule has 2 aromatic heterocycles. The highest BCUT2D eigenvalue weighted by Crippen LogP contribution is 2.30. The molecule has 0 aliphatic carbocycles. The topological polar surface area (TPSA) is 51.0 Å². The van der Waals surface area contributed by atoms with Gasteiger partial charge < -0.3 is 9.47 Å². The van der Waals surface area contributed by atoms with Crippen LogP contribution in [0.4, 0.5) is 0 Å². The highest BCUT2D eigenvalue weighted by atomic mass is 32.1. The number of thiophene rings is 1. The Morgan fingerprint density at radius 3 is 3.10 bits per heavy atom. The van der Waals surface area contributed by atoms with Gasteiger partial charge in [-0.15, -0.1) is 10.2 Å². The summed E-state index contributed by atoms with van der Waals surface area (Å²) in [7, 11) is 1.94. The first-order valence-corrected chi connectivity index (χ1v) is 7.84. The fraction of sp³-hybridized carbons (Fsp3) is 0.500. The Bertz CT molecular complexity index is 578. The van der Waals surface area contributed by atoms with E-state index in [1.807, 2.05) is 33.3 Å². The Morgan fingerprint density at radius 2 is 2.40 bits per heavy atom. The van der Waals surface area contributed by atoms with Gasteiger partial charge in [-0.25, -0.2) is 0 Å². The van der Waals surface area contributed by atoms with Crippen molar-refractivity contribution >= 4 is 17.2 Å². The first-order valence-electron chi connectivity index (χ1n) is 6.90. The lowest BCUT2D eigenvalue weighted by molar-refractivity contribution is -0.134. The maximum atomic E-state index is 12.6. The Balaban J connectivity index is 1.78. The summed E-state index contributed by atoms with van der Waals surface area (Å²) in [5.74, 6) is 1.08. The van der Waals surface area contributed by atoms with Crippen molar-refractivity contribution in [3.05, 3.63) is 34.5 Å². The summed E-state index contributed by atoms with van der Waals surface area (Å²) in [6, 6.07) is 2.09. The molecular formula is C14H18N4OS. The summed E-state index contributed by atoms with van der Waals surface area (Å²) in [5.41, 5.74) is 1.10. The molecule has 3 heterocycles. The van der Waals surface area contributed by atoms with Crippen LogP contribution in [0.15, 0.2) is 23.2 Å². The molecule has 20 heavy (non-hydrogen) atoms. The minimum atomic E-state index is 0.0717. The molecule has 0 saturated carbocycles. The molecule has 5 nitrogen and oxygen atoms in total. The summed E-state index contributed by atoms with van der Waals surface area (Å²) in [6.45, 7) is 0.820. The molecule has 0 N–H and O–H groups in total. The van der Waals surface area contributed by atoms with Crippen LogP contribution in [-0.2, 0) is 18.3 Å². The van der Waals surface area contributed by atoms with Crippen molar-refractivity contribution in [2.24, 2.45) is 7.05 Å². The summed E-state index contributed by atoms with van der Waals surface area (Å²) in [5, 5.41) is 12.2. The highest BCUT2D eigenvalue weighted by Gasteiger charge is 2.30. The Hall–Kier alpha value is -1.69. The van der Waals surface area contributed by atoms with Gasteiger partial charge in [0.1, 0.15) is 6.33 Å². The van der Waals surface area contributed by atoms with E-state index < -0.39 is 0 Å². The van der Waals surface area contributed by atoms with E-state index in [-0.39, 0.29) is 11.9 Å². The number of likely N-dealkylation sites (tertiary alicyclic amines) is 1. The van der Waals surface area contributed by atoms with Crippen LogP contribution < -0.4 is 0 Å². The van der Waals surface area contributed by atoms with Gasteiger partial charge in [-0.05, 0) is 41.7 Å². The molecule has 2 aromatic rings. The molecule has 1 fully saturated rings. The molecular weight excluding hydrogens is 272 g/mol. The van der Waals surface area contributed by atoms with Gasteiger partial charge in [-0.1, -0.05) is 0 Å². The number of hydrogen-bond donors (Lipinski definition) is 0. The first-order chi connectivity index (χ1) is 9.75. The van der Waals surface area contributed by atoms with Crippen molar-refractivity contribution in [3.63, 3.8) is 0 Å². The highest BCUT2D eigenvalue weighted by molar-refractivity contribution is 7.07. The number of piperidine rings is 1. The molecule has 1 amide bonds. The van der Waals surface area contributed by atoms with Crippen LogP contribution >= 0.6 is 11.3 Å². The molecule has 1 aliphatic rings. The maximum absolute atomic E-state index is 12.6. The number of amides is 1. The smallest absolute Gasteiger partial charge is 0.227 e. The van der Waals surface area contributed by atoms with Gasteiger partial charge in [-0.3, -0.25) is 4.79 Å². The number of aromatic nitrogens is 3. The largest absolute Gasteiger partial charge is 0.332 e. The van der Waals surface area contributed by atoms with E-state index in [1.54, 1.807) is 17.7 Å². The predicted molar refractivity (Wildman–Crippen MR) is 77.3 cm³/mol. The molecule has 6 heteroatoms. The standard InChI is InChI=1S/C14H18N4OS/c1-17-10-15-16-14(17)12-4-2-3-6-18(12)13(19)8-11-5-7-20-9-11/h5,7,9-10,12H,2-4,6,8H2,1H3. The van der Waals surface area contributed by atoms with Crippen molar-refractivity contribution in [2.75, 3.05) is 6.54 Å². The molecule has 1 saturated heterocycles. The molecule has 1 atom stereocenters. The van der Waals surface area contributed by atoms with Gasteiger partial charge in [0, 0.05) is 13.6 Å². The molecule has 0 aromatic carbocycles. The molecule has 3 rings (SSSR count). The van der Waals surface area contributed by atoms with E-state index in [2.05, 4.69) is 10.2 Å². The van der Waals surface area contributed by atoms with Crippen molar-refractivity contribution in [1.29, 1.82) is 0 Å². The van der Waals surface area contributed by atoms with Crippen molar-refractivity contribution < 1.29 is 4.79 Å². The van der Waals surface area contributed by atoms with Crippen LogP contribution in [0.25, 0.3) is 0 Å². The normalized spacial score (nSPS) is 19.2. The number of carbonyl (C=O) groups is 1. The summed E-state index contributed by atoms with van der Waals surface area (Å²) in [4.78, 5) is 14.5. The molecule has 0 bridgehead atoms. The summed E-state index contributed by atoms with van der Waals surface area (Å²) in [6.07, 6.45) is 5.37. The second kappa shape index (κ2) is 5.75. The van der Waals surface area contributed by atoms with Crippen LogP contribution in [-0.4, -0.2) is 32.1 Å². The number of nitrogens with zero attached hydrogens (tertiary/aromatic N) is 4. The lowest BCUT2D eigenvalue weighted by Gasteiger charge is -2.35. The fourth-order valence-electron chi connectivity index (χ4n) is 2.76. The van der Waals surface area contributed by atoms with E-state index in [1.165, 1.54) is 0 Å². The van der Waals surface area contributed by atoms with Crippen molar-refractivity contribution in [2.45, 2.75) is 31.7 Å². The van der Waals surface area contributed by atoms with Gasteiger partial charge in [-0.2, -0.15) is 11.3 Å². The first kappa shape index (κ1) is 13.3. The Morgan fingerprint density at radius 1 is 1.50 bits per heavy atom. The minimum Gasteiger partial charge on any atom is -0.332 e. The van der Waals surface area contributed by atoms with E-state index in [9.17, 15) is 4.79 Å². The zero-order chi connectivity index (χ0) is 13.9. The zero-order valence-corrected chi connectivity index (χ0v) is 12.3. The van der Waals surface area contributed by atoms with E-state index >= 15 is 0 Å². The second-order valence-corrected chi connectivity index (χ2v) is 5.99. The quantitative estimate of drug-likeness (QED) is 0.870. The molecule has 106 valence electrons. The average molecular weight is 290 g/mol. The third kappa shape index (κ3) is 2.60. The summed E-state index contributed by atoms with van der Waals surface area (Å²) >= 11 is 1.63. The molecule has 1 aliphatic heterocycles. The van der Waals surface area contributed by atoms with Crippen LogP contribution in [0.2, 0.25) is 0 Å². The Labute approximate surface area is 122 Å². The molecule has 0 spiro atoms. The van der Waals surface area contributed by atoms with Crippen LogP contribution in [0.5, 0.6) is 0 Å². The third-order valence-electron chi connectivity index (χ3n) is 3.80. The minimum absolute atomic E-state index is 0.0717. The monoisotopic (exact) mass is 290 g/mol. The van der Waals surface area contributed by atoms with Gasteiger partial charge >= 0.3 is 0 Å². The fourth-order valence-corrected chi connectivity index (χ4v) is 3.43. The van der Waals surface area contributed by atoms with E-state index in [0.717, 1.165) is 37.2 Å². The lowest BCUT2D eigenvalue weighted by Crippen LogP contribution is -2.40. The van der Waals surface area contributed by atoms with Crippen LogP contribution in [0.1, 0.15) is 36.7 Å². The summed E-state index contributed by atoms with van der Waals surface area (Å²) < 4.78 is 1.92. The number of rotatable bonds is 3. The number of carbonyl (C=O) groups excluding carboxylic acids is 1. The Kier molecular flexibility index (Phi) is 3.82. The second-order valence-electron chi connectivity index (χ2n) is 5.21. The van der Waals surface area contributed by atoms with E-state index in [4.69, 9.17) is 0 Å². The van der Waals surface area contributed by atoms with Crippen LogP contribution in [0, 0.1) is 0 Å². The average Bonchev–Trinajstić information content (AvgIpc) is 3.10. The van der Waals surface area contributed by atoms with Crippen molar-refractivity contribution in [1.82, 2.24) is 19.7 Å². The van der Waals surface area contributed by atoms with Gasteiger partial charge in [0.15, 0.2) is 5.82 Å². The van der Waals surface area contributed by atoms with Gasteiger partial charge in [0.2, 0.25) is 5.91 Å². The van der Waals surface area contributed by atoms with Gasteiger partial charge in [0.05, 0.1) is 12.5 Å². The van der Waals surface area contributed by atoms with Crippen LogP contribution in [0.3, 0.4) is 0 Å². The van der Waals surface area contributed by atoms with E-state index in [0.29, 0.717) is 6.42 Å². The molecule has 1 unspecified atom stereocenters. The SMILES string of the molecule is Cn1cnnc1C1CCCCN1C(=O)Cc1ccsc1. The third-order valence-corrected chi connectivity index (χ3v) is 4.54. The lowest BCUT2D eigenvalue weighted by atomic mass is 10.0. The zero-order valence-electron chi connectivity index (χ0n) is 11.5. The van der Waals surface area contributed by atoms with Gasteiger partial charge in [0.25, 0.3) is 0 Å². The maximum Gasteiger partial charge on any atom is 0.227 e.